The summed E-state index contributed by atoms with van der Waals surface area (Å²) < 4.78 is 16.3. The predicted octanol–water partition coefficient (Wildman–Crippen LogP) is 6.19. The maximum absolute atomic E-state index is 13.1. The van der Waals surface area contributed by atoms with Crippen molar-refractivity contribution in [2.45, 2.75) is 123 Å². The molecule has 0 aliphatic heterocycles. The number of nitrogens with zero attached hydrogens (tertiary/aromatic N) is 3. The number of ether oxygens (including phenoxy) is 3. The van der Waals surface area contributed by atoms with E-state index in [4.69, 9.17) is 14.2 Å². The lowest BCUT2D eigenvalue weighted by atomic mass is 10.1. The minimum Gasteiger partial charge on any atom is -0.493 e. The van der Waals surface area contributed by atoms with Crippen LogP contribution in [0.15, 0.2) is 72.9 Å². The largest absolute Gasteiger partial charge is 0.493 e. The van der Waals surface area contributed by atoms with Crippen LogP contribution in [0, 0.1) is 0 Å². The van der Waals surface area contributed by atoms with E-state index in [1.165, 1.54) is 7.11 Å². The topological polar surface area (TPSA) is 144 Å². The van der Waals surface area contributed by atoms with Gasteiger partial charge < -0.3 is 30.2 Å². The van der Waals surface area contributed by atoms with Crippen LogP contribution in [0.5, 0.6) is 0 Å². The third-order valence-electron chi connectivity index (χ3n) is 7.48. The number of carbonyl (C=O) groups excluding carboxylic acids is 3. The Balaban J connectivity index is 1.91. The first-order chi connectivity index (χ1) is 24.1. The number of allylic oxidation sites excluding steroid dienone is 3. The molecule has 51 heavy (non-hydrogen) atoms. The average molecular weight is 709 g/mol. The number of carbonyl (C=O) groups is 3. The van der Waals surface area contributed by atoms with Gasteiger partial charge in [-0.1, -0.05) is 24.8 Å². The van der Waals surface area contributed by atoms with E-state index in [1.54, 1.807) is 20.8 Å². The zero-order chi connectivity index (χ0) is 37.9. The van der Waals surface area contributed by atoms with Crippen LogP contribution in [0.3, 0.4) is 0 Å². The molecular weight excluding hydrogens is 648 g/mol. The number of hydrogen-bond donors (Lipinski definition) is 3. The lowest BCUT2D eigenvalue weighted by molar-refractivity contribution is -0.157. The second-order valence-electron chi connectivity index (χ2n) is 14.4. The molecule has 2 aromatic rings. The van der Waals surface area contributed by atoms with Crippen molar-refractivity contribution in [1.82, 2.24) is 30.8 Å². The minimum atomic E-state index is -0.987. The maximum atomic E-state index is 13.1. The molecule has 0 fully saturated rings. The number of aromatic nitrogens is 2. The number of nitrogens with one attached hydrogen (secondary N) is 3. The van der Waals surface area contributed by atoms with Crippen molar-refractivity contribution in [1.29, 1.82) is 0 Å². The summed E-state index contributed by atoms with van der Waals surface area (Å²) in [4.78, 5) is 50.2. The number of methoxy groups -OCH3 is 1. The molecule has 0 spiro atoms. The highest BCUT2D eigenvalue weighted by Crippen LogP contribution is 2.18. The van der Waals surface area contributed by atoms with Gasteiger partial charge in [0.15, 0.2) is 0 Å². The number of esters is 2. The highest BCUT2D eigenvalue weighted by molar-refractivity contribution is 5.87. The number of pyridine rings is 2. The van der Waals surface area contributed by atoms with Crippen molar-refractivity contribution >= 4 is 18.0 Å². The molecule has 2 rings (SSSR count). The standard InChI is InChI=1S/C39H60N6O6/c1-10-30(40-25-15-16-26-45(27-31-17-11-13-23-41-31)28-32-18-12-14-24-42-32)20-22-33(35(46)49-9)43-37(48)44-34(36(47)51-39(6,7)8)21-19-29(2)50-38(3,4)5/h10-14,17-18,23-24,33-34,40H,2,15-16,19-22,25-28H2,1,3-9H3,(H2,43,44,48)/b30-10+/t33-,34-/m0/s1. The molecule has 0 aliphatic carbocycles. The van der Waals surface area contributed by atoms with Gasteiger partial charge in [-0.2, -0.15) is 0 Å². The molecule has 3 N–H and O–H groups in total. The summed E-state index contributed by atoms with van der Waals surface area (Å²) in [6.45, 7) is 20.0. The highest BCUT2D eigenvalue weighted by atomic mass is 16.6. The molecule has 2 aromatic heterocycles. The van der Waals surface area contributed by atoms with E-state index in [-0.39, 0.29) is 6.42 Å². The molecule has 0 unspecified atom stereocenters. The molecule has 0 aliphatic rings. The number of rotatable bonds is 21. The van der Waals surface area contributed by atoms with Gasteiger partial charge in [-0.05, 0) is 111 Å². The predicted molar refractivity (Wildman–Crippen MR) is 199 cm³/mol. The fourth-order valence-corrected chi connectivity index (χ4v) is 5.16. The van der Waals surface area contributed by atoms with Crippen LogP contribution in [0.25, 0.3) is 0 Å². The van der Waals surface area contributed by atoms with Crippen molar-refractivity contribution in [3.63, 3.8) is 0 Å². The quantitative estimate of drug-likeness (QED) is 0.0780. The zero-order valence-corrected chi connectivity index (χ0v) is 31.9. The second kappa shape index (κ2) is 21.7. The van der Waals surface area contributed by atoms with Crippen LogP contribution in [-0.4, -0.2) is 76.3 Å². The SMILES string of the molecule is C=C(CC[C@H](NC(=O)N[C@@H](CC/C(=C\C)NCCCCN(Cc1ccccn1)Cc1ccccn1)C(=O)OC)C(=O)OC(C)(C)C)OC(C)(C)C. The first kappa shape index (κ1) is 42.7. The van der Waals surface area contributed by atoms with Crippen LogP contribution in [0.2, 0.25) is 0 Å². The van der Waals surface area contributed by atoms with Gasteiger partial charge in [0.2, 0.25) is 0 Å². The van der Waals surface area contributed by atoms with Gasteiger partial charge in [0.1, 0.15) is 23.3 Å². The smallest absolute Gasteiger partial charge is 0.329 e. The highest BCUT2D eigenvalue weighted by Gasteiger charge is 2.29. The zero-order valence-electron chi connectivity index (χ0n) is 31.9. The lowest BCUT2D eigenvalue weighted by Gasteiger charge is -2.27. The van der Waals surface area contributed by atoms with Crippen LogP contribution in [0.1, 0.15) is 98.4 Å². The molecule has 2 heterocycles. The Morgan fingerprint density at radius 2 is 1.37 bits per heavy atom. The molecule has 0 bridgehead atoms. The number of unbranched alkanes of at least 4 members (excludes halogenated alkanes) is 1. The van der Waals surface area contributed by atoms with Gasteiger partial charge in [-0.3, -0.25) is 14.9 Å². The normalized spacial score (nSPS) is 13.2. The molecule has 2 atom stereocenters. The Labute approximate surface area is 304 Å². The van der Waals surface area contributed by atoms with Gasteiger partial charge in [0.05, 0.1) is 24.3 Å². The summed E-state index contributed by atoms with van der Waals surface area (Å²) in [5.41, 5.74) is 1.79. The Kier molecular flexibility index (Phi) is 18.2. The van der Waals surface area contributed by atoms with Crippen molar-refractivity contribution in [3.05, 3.63) is 84.3 Å². The Morgan fingerprint density at radius 3 is 1.86 bits per heavy atom. The molecular formula is C39H60N6O6. The molecule has 2 amide bonds. The molecule has 12 heteroatoms. The summed E-state index contributed by atoms with van der Waals surface area (Å²) in [5, 5.41) is 8.85. The molecule has 282 valence electrons. The van der Waals surface area contributed by atoms with Crippen LogP contribution in [0.4, 0.5) is 4.79 Å². The number of urea groups is 1. The van der Waals surface area contributed by atoms with Gasteiger partial charge in [0, 0.05) is 44.1 Å². The van der Waals surface area contributed by atoms with E-state index in [1.807, 2.05) is 82.6 Å². The van der Waals surface area contributed by atoms with E-state index in [0.29, 0.717) is 25.0 Å². The van der Waals surface area contributed by atoms with Crippen LogP contribution in [-0.2, 0) is 36.9 Å². The van der Waals surface area contributed by atoms with E-state index in [0.717, 1.165) is 56.1 Å². The van der Waals surface area contributed by atoms with Crippen molar-refractivity contribution in [2.24, 2.45) is 0 Å². The molecule has 0 aromatic carbocycles. The van der Waals surface area contributed by atoms with E-state index >= 15 is 0 Å². The summed E-state index contributed by atoms with van der Waals surface area (Å²) in [7, 11) is 1.28. The van der Waals surface area contributed by atoms with Gasteiger partial charge >= 0.3 is 18.0 Å². The fraction of sp³-hybridized carbons (Fsp3) is 0.564. The fourth-order valence-electron chi connectivity index (χ4n) is 5.16. The summed E-state index contributed by atoms with van der Waals surface area (Å²) in [6.07, 6.45) is 8.81. The molecule has 0 saturated heterocycles. The van der Waals surface area contributed by atoms with Crippen molar-refractivity contribution < 1.29 is 28.6 Å². The van der Waals surface area contributed by atoms with Crippen molar-refractivity contribution in [2.75, 3.05) is 20.2 Å². The van der Waals surface area contributed by atoms with Crippen LogP contribution < -0.4 is 16.0 Å². The first-order valence-electron chi connectivity index (χ1n) is 17.7. The Hall–Kier alpha value is -4.45. The van der Waals surface area contributed by atoms with Gasteiger partial charge in [-0.15, -0.1) is 0 Å². The van der Waals surface area contributed by atoms with E-state index < -0.39 is 41.3 Å². The summed E-state index contributed by atoms with van der Waals surface area (Å²) in [6, 6.07) is 9.31. The van der Waals surface area contributed by atoms with Gasteiger partial charge in [0.25, 0.3) is 0 Å². The summed E-state index contributed by atoms with van der Waals surface area (Å²) >= 11 is 0. The lowest BCUT2D eigenvalue weighted by Crippen LogP contribution is -2.52. The average Bonchev–Trinajstić information content (AvgIpc) is 3.06. The molecule has 0 radical (unpaired) electrons. The number of hydrogen-bond acceptors (Lipinski definition) is 10. The van der Waals surface area contributed by atoms with Crippen LogP contribution >= 0.6 is 0 Å². The third-order valence-corrected chi connectivity index (χ3v) is 7.48. The molecule has 0 saturated carbocycles. The first-order valence-corrected chi connectivity index (χ1v) is 17.7. The monoisotopic (exact) mass is 708 g/mol. The van der Waals surface area contributed by atoms with Gasteiger partial charge in [-0.25, -0.2) is 14.4 Å². The number of amides is 2. The summed E-state index contributed by atoms with van der Waals surface area (Å²) in [5.74, 6) is -0.682. The maximum Gasteiger partial charge on any atom is 0.329 e. The molecule has 12 nitrogen and oxygen atoms in total. The minimum absolute atomic E-state index is 0.205. The van der Waals surface area contributed by atoms with E-state index in [9.17, 15) is 14.4 Å². The Morgan fingerprint density at radius 1 is 0.824 bits per heavy atom. The Bertz CT molecular complexity index is 1350. The van der Waals surface area contributed by atoms with E-state index in [2.05, 4.69) is 37.4 Å². The third kappa shape index (κ3) is 18.9. The second-order valence-corrected chi connectivity index (χ2v) is 14.4. The van der Waals surface area contributed by atoms with Crippen molar-refractivity contribution in [3.8, 4) is 0 Å².